The predicted molar refractivity (Wildman–Crippen MR) is 91.0 cm³/mol. The van der Waals surface area contributed by atoms with E-state index in [1.807, 2.05) is 0 Å². The zero-order valence-electron chi connectivity index (χ0n) is 12.2. The minimum Gasteiger partial charge on any atom is -0.467 e. The Balaban J connectivity index is 1.55. The second kappa shape index (κ2) is 7.74. The number of furan rings is 1. The number of thioether (sulfide) groups is 1. The van der Waals surface area contributed by atoms with Crippen LogP contribution in [0.5, 0.6) is 0 Å². The van der Waals surface area contributed by atoms with Gasteiger partial charge in [-0.3, -0.25) is 4.79 Å². The number of hydrogen-bond donors (Lipinski definition) is 1. The first-order valence-electron chi connectivity index (χ1n) is 6.82. The van der Waals surface area contributed by atoms with Crippen molar-refractivity contribution in [3.63, 3.8) is 0 Å². The van der Waals surface area contributed by atoms with Crippen LogP contribution < -0.4 is 5.32 Å². The molecule has 0 bridgehead atoms. The van der Waals surface area contributed by atoms with Gasteiger partial charge in [0.2, 0.25) is 11.8 Å². The molecule has 0 saturated heterocycles. The highest BCUT2D eigenvalue weighted by molar-refractivity contribution is 7.99. The third-order valence-electron chi connectivity index (χ3n) is 2.93. The molecule has 3 aromatic rings. The zero-order valence-corrected chi connectivity index (χ0v) is 14.5. The number of carbonyl (C=O) groups excluding carboxylic acids is 1. The lowest BCUT2D eigenvalue weighted by atomic mass is 10.2. The molecule has 3 rings (SSSR count). The first-order valence-corrected chi connectivity index (χ1v) is 8.57. The number of halogens is 2. The maximum absolute atomic E-state index is 11.8. The normalized spacial score (nSPS) is 10.8. The number of rotatable bonds is 6. The summed E-state index contributed by atoms with van der Waals surface area (Å²) in [6, 6.07) is 8.52. The van der Waals surface area contributed by atoms with E-state index in [9.17, 15) is 4.79 Å². The summed E-state index contributed by atoms with van der Waals surface area (Å²) in [7, 11) is 0. The Kier molecular flexibility index (Phi) is 5.44. The molecule has 1 N–H and O–H groups in total. The molecule has 1 amide bonds. The Labute approximate surface area is 151 Å². The van der Waals surface area contributed by atoms with Gasteiger partial charge < -0.3 is 14.2 Å². The second-order valence-corrected chi connectivity index (χ2v) is 6.41. The monoisotopic (exact) mass is 383 g/mol. The highest BCUT2D eigenvalue weighted by atomic mass is 35.5. The highest BCUT2D eigenvalue weighted by Gasteiger charge is 2.14. The van der Waals surface area contributed by atoms with Crippen LogP contribution in [0.1, 0.15) is 5.76 Å². The average Bonchev–Trinajstić information content (AvgIpc) is 3.22. The third-order valence-corrected chi connectivity index (χ3v) is 4.30. The van der Waals surface area contributed by atoms with Gasteiger partial charge in [0, 0.05) is 5.02 Å². The zero-order chi connectivity index (χ0) is 16.9. The van der Waals surface area contributed by atoms with Crippen molar-refractivity contribution in [2.75, 3.05) is 5.75 Å². The van der Waals surface area contributed by atoms with Crippen LogP contribution in [0.25, 0.3) is 11.5 Å². The first-order chi connectivity index (χ1) is 11.6. The number of carbonyl (C=O) groups is 1. The average molecular weight is 384 g/mol. The molecule has 0 aliphatic carbocycles. The smallest absolute Gasteiger partial charge is 0.277 e. The summed E-state index contributed by atoms with van der Waals surface area (Å²) in [4.78, 5) is 11.8. The van der Waals surface area contributed by atoms with Crippen LogP contribution in [0.3, 0.4) is 0 Å². The Morgan fingerprint density at radius 1 is 1.25 bits per heavy atom. The van der Waals surface area contributed by atoms with Gasteiger partial charge in [-0.05, 0) is 30.3 Å². The molecule has 0 unspecified atom stereocenters. The maximum atomic E-state index is 11.8. The van der Waals surface area contributed by atoms with Gasteiger partial charge in [0.25, 0.3) is 5.22 Å². The molecule has 6 nitrogen and oxygen atoms in total. The van der Waals surface area contributed by atoms with Crippen LogP contribution in [0.2, 0.25) is 10.0 Å². The summed E-state index contributed by atoms with van der Waals surface area (Å²) >= 11 is 13.1. The topological polar surface area (TPSA) is 81.2 Å². The van der Waals surface area contributed by atoms with E-state index < -0.39 is 0 Å². The van der Waals surface area contributed by atoms with E-state index in [1.165, 1.54) is 0 Å². The van der Waals surface area contributed by atoms with E-state index in [2.05, 4.69) is 15.5 Å². The van der Waals surface area contributed by atoms with Crippen molar-refractivity contribution >= 4 is 40.9 Å². The fraction of sp³-hybridized carbons (Fsp3) is 0.133. The molecular formula is C15H11Cl2N3O3S. The molecule has 24 heavy (non-hydrogen) atoms. The SMILES string of the molecule is O=C(CSc1nnc(-c2ccc(Cl)cc2Cl)o1)NCc1ccco1. The van der Waals surface area contributed by atoms with Gasteiger partial charge >= 0.3 is 0 Å². The number of amides is 1. The van der Waals surface area contributed by atoms with Crippen LogP contribution in [-0.2, 0) is 11.3 Å². The van der Waals surface area contributed by atoms with Crippen molar-refractivity contribution in [1.29, 1.82) is 0 Å². The van der Waals surface area contributed by atoms with Crippen molar-refractivity contribution in [3.8, 4) is 11.5 Å². The molecule has 2 aromatic heterocycles. The summed E-state index contributed by atoms with van der Waals surface area (Å²) in [6.45, 7) is 0.335. The van der Waals surface area contributed by atoms with Crippen molar-refractivity contribution in [2.45, 2.75) is 11.8 Å². The number of benzene rings is 1. The van der Waals surface area contributed by atoms with Gasteiger partial charge in [0.1, 0.15) is 5.76 Å². The van der Waals surface area contributed by atoms with Gasteiger partial charge in [-0.2, -0.15) is 0 Å². The van der Waals surface area contributed by atoms with E-state index in [1.54, 1.807) is 36.6 Å². The molecule has 2 heterocycles. The fourth-order valence-electron chi connectivity index (χ4n) is 1.82. The van der Waals surface area contributed by atoms with Crippen LogP contribution in [0, 0.1) is 0 Å². The van der Waals surface area contributed by atoms with Crippen LogP contribution in [0.15, 0.2) is 50.7 Å². The lowest BCUT2D eigenvalue weighted by Gasteiger charge is -2.01. The molecule has 124 valence electrons. The molecule has 9 heteroatoms. The molecule has 0 fully saturated rings. The second-order valence-electron chi connectivity index (χ2n) is 4.64. The number of nitrogens with zero attached hydrogens (tertiary/aromatic N) is 2. The molecular weight excluding hydrogens is 373 g/mol. The van der Waals surface area contributed by atoms with Crippen molar-refractivity contribution in [3.05, 3.63) is 52.4 Å². The Hall–Kier alpha value is -1.96. The van der Waals surface area contributed by atoms with Crippen molar-refractivity contribution in [2.24, 2.45) is 0 Å². The molecule has 0 saturated carbocycles. The van der Waals surface area contributed by atoms with E-state index in [0.29, 0.717) is 27.9 Å². The van der Waals surface area contributed by atoms with Crippen LogP contribution in [0.4, 0.5) is 0 Å². The Morgan fingerprint density at radius 3 is 2.88 bits per heavy atom. The van der Waals surface area contributed by atoms with Crippen molar-refractivity contribution < 1.29 is 13.6 Å². The van der Waals surface area contributed by atoms with Crippen LogP contribution in [-0.4, -0.2) is 21.9 Å². The number of nitrogens with one attached hydrogen (secondary N) is 1. The van der Waals surface area contributed by atoms with Gasteiger partial charge in [-0.15, -0.1) is 10.2 Å². The van der Waals surface area contributed by atoms with Gasteiger partial charge in [0.15, 0.2) is 0 Å². The standard InChI is InChI=1S/C15H11Cl2N3O3S/c16-9-3-4-11(12(17)6-9)14-19-20-15(23-14)24-8-13(21)18-7-10-2-1-5-22-10/h1-6H,7-8H2,(H,18,21). The van der Waals surface area contributed by atoms with E-state index >= 15 is 0 Å². The fourth-order valence-corrected chi connectivity index (χ4v) is 2.90. The first kappa shape index (κ1) is 16.9. The minimum atomic E-state index is -0.166. The summed E-state index contributed by atoms with van der Waals surface area (Å²) < 4.78 is 10.6. The van der Waals surface area contributed by atoms with E-state index in [-0.39, 0.29) is 22.8 Å². The lowest BCUT2D eigenvalue weighted by Crippen LogP contribution is -2.24. The number of hydrogen-bond acceptors (Lipinski definition) is 6. The molecule has 0 aliphatic rings. The third kappa shape index (κ3) is 4.31. The summed E-state index contributed by atoms with van der Waals surface area (Å²) in [5.74, 6) is 0.943. The molecule has 0 atom stereocenters. The quantitative estimate of drug-likeness (QED) is 0.646. The summed E-state index contributed by atoms with van der Waals surface area (Å²) in [6.07, 6.45) is 1.55. The molecule has 0 aliphatic heterocycles. The van der Waals surface area contributed by atoms with Crippen LogP contribution >= 0.6 is 35.0 Å². The molecule has 0 radical (unpaired) electrons. The minimum absolute atomic E-state index is 0.149. The predicted octanol–water partition coefficient (Wildman–Crippen LogP) is 4.04. The summed E-state index contributed by atoms with van der Waals surface area (Å²) in [5.41, 5.74) is 0.586. The lowest BCUT2D eigenvalue weighted by molar-refractivity contribution is -0.118. The summed E-state index contributed by atoms with van der Waals surface area (Å²) in [5, 5.41) is 11.8. The van der Waals surface area contributed by atoms with Gasteiger partial charge in [-0.1, -0.05) is 35.0 Å². The highest BCUT2D eigenvalue weighted by Crippen LogP contribution is 2.30. The van der Waals surface area contributed by atoms with E-state index in [4.69, 9.17) is 32.0 Å². The Morgan fingerprint density at radius 2 is 2.12 bits per heavy atom. The molecule has 1 aromatic carbocycles. The van der Waals surface area contributed by atoms with Gasteiger partial charge in [-0.25, -0.2) is 0 Å². The van der Waals surface area contributed by atoms with E-state index in [0.717, 1.165) is 11.8 Å². The number of aromatic nitrogens is 2. The van der Waals surface area contributed by atoms with Crippen molar-refractivity contribution in [1.82, 2.24) is 15.5 Å². The van der Waals surface area contributed by atoms with Gasteiger partial charge in [0.05, 0.1) is 29.1 Å². The maximum Gasteiger partial charge on any atom is 0.277 e. The molecule has 0 spiro atoms. The Bertz CT molecular complexity index is 836. The largest absolute Gasteiger partial charge is 0.467 e.